The Balaban J connectivity index is 1.73. The monoisotopic (exact) mass is 317 g/mol. The second kappa shape index (κ2) is 7.49. The fourth-order valence-electron chi connectivity index (χ4n) is 2.08. The van der Waals surface area contributed by atoms with Gasteiger partial charge in [-0.25, -0.2) is 4.79 Å². The molecule has 0 radical (unpaired) electrons. The summed E-state index contributed by atoms with van der Waals surface area (Å²) >= 11 is 0. The number of carbonyl (C=O) groups excluding carboxylic acids is 1. The van der Waals surface area contributed by atoms with Crippen LogP contribution in [-0.4, -0.2) is 23.6 Å². The molecular weight excluding hydrogens is 298 g/mol. The molecule has 1 heterocycles. The lowest BCUT2D eigenvalue weighted by atomic mass is 10.1. The molecule has 0 atom stereocenters. The highest BCUT2D eigenvalue weighted by Gasteiger charge is 2.10. The summed E-state index contributed by atoms with van der Waals surface area (Å²) in [7, 11) is 0. The summed E-state index contributed by atoms with van der Waals surface area (Å²) in [6.07, 6.45) is 0.208. The zero-order valence-corrected chi connectivity index (χ0v) is 13.1. The molecule has 122 valence electrons. The van der Waals surface area contributed by atoms with Gasteiger partial charge in [0.25, 0.3) is 0 Å². The number of rotatable bonds is 7. The van der Waals surface area contributed by atoms with Crippen LogP contribution in [0.4, 0.5) is 0 Å². The third-order valence-corrected chi connectivity index (χ3v) is 3.25. The van der Waals surface area contributed by atoms with Crippen molar-refractivity contribution < 1.29 is 23.8 Å². The predicted octanol–water partition coefficient (Wildman–Crippen LogP) is 2.68. The van der Waals surface area contributed by atoms with Crippen molar-refractivity contribution in [3.05, 3.63) is 53.0 Å². The minimum Gasteiger partial charge on any atom is -0.493 e. The lowest BCUT2D eigenvalue weighted by Gasteiger charge is -2.09. The molecule has 1 amide bonds. The predicted molar refractivity (Wildman–Crippen MR) is 83.5 cm³/mol. The molecule has 0 bridgehead atoms. The van der Waals surface area contributed by atoms with Gasteiger partial charge in [-0.05, 0) is 37.6 Å². The van der Waals surface area contributed by atoms with Gasteiger partial charge in [-0.1, -0.05) is 17.7 Å². The average molecular weight is 317 g/mol. The van der Waals surface area contributed by atoms with Gasteiger partial charge in [0.2, 0.25) is 11.7 Å². The fraction of sp³-hybridized carbons (Fsp3) is 0.294. The molecule has 0 fully saturated rings. The van der Waals surface area contributed by atoms with Crippen LogP contribution in [-0.2, 0) is 11.3 Å². The standard InChI is InChI=1S/C17H19NO5/c1-11-3-5-14(12(2)9-11)22-8-7-16(19)18-10-13-4-6-15(23-13)17(20)21/h3-6,9H,7-8,10H2,1-2H3,(H,18,19)(H,20,21). The number of hydrogen-bond donors (Lipinski definition) is 2. The summed E-state index contributed by atoms with van der Waals surface area (Å²) in [6, 6.07) is 8.74. The normalized spacial score (nSPS) is 10.3. The number of benzene rings is 1. The molecule has 2 N–H and O–H groups in total. The van der Waals surface area contributed by atoms with Crippen LogP contribution in [0.1, 0.15) is 33.9 Å². The van der Waals surface area contributed by atoms with E-state index in [1.807, 2.05) is 32.0 Å². The van der Waals surface area contributed by atoms with Crippen LogP contribution in [0.15, 0.2) is 34.7 Å². The number of amides is 1. The number of nitrogens with one attached hydrogen (secondary N) is 1. The van der Waals surface area contributed by atoms with E-state index in [4.69, 9.17) is 14.3 Å². The van der Waals surface area contributed by atoms with E-state index in [2.05, 4.69) is 5.32 Å². The van der Waals surface area contributed by atoms with Crippen molar-refractivity contribution in [1.82, 2.24) is 5.32 Å². The van der Waals surface area contributed by atoms with Gasteiger partial charge in [0.15, 0.2) is 0 Å². The highest BCUT2D eigenvalue weighted by Crippen LogP contribution is 2.18. The van der Waals surface area contributed by atoms with E-state index < -0.39 is 5.97 Å². The molecule has 0 aliphatic carbocycles. The van der Waals surface area contributed by atoms with Crippen LogP contribution >= 0.6 is 0 Å². The van der Waals surface area contributed by atoms with Crippen molar-refractivity contribution in [2.75, 3.05) is 6.61 Å². The summed E-state index contributed by atoms with van der Waals surface area (Å²) in [5.41, 5.74) is 2.19. The number of aryl methyl sites for hydroxylation is 2. The molecule has 0 aliphatic rings. The first-order chi connectivity index (χ1) is 11.0. The molecule has 0 aliphatic heterocycles. The number of furan rings is 1. The van der Waals surface area contributed by atoms with E-state index in [1.165, 1.54) is 12.1 Å². The molecule has 6 heteroatoms. The molecule has 23 heavy (non-hydrogen) atoms. The van der Waals surface area contributed by atoms with E-state index in [1.54, 1.807) is 0 Å². The Morgan fingerprint density at radius 3 is 2.65 bits per heavy atom. The van der Waals surface area contributed by atoms with Crippen molar-refractivity contribution in [2.45, 2.75) is 26.8 Å². The number of carboxylic acids is 1. The minimum atomic E-state index is -1.13. The van der Waals surface area contributed by atoms with Crippen LogP contribution in [0, 0.1) is 13.8 Å². The van der Waals surface area contributed by atoms with E-state index in [9.17, 15) is 9.59 Å². The Bertz CT molecular complexity index is 705. The molecular formula is C17H19NO5. The molecule has 6 nitrogen and oxygen atoms in total. The Morgan fingerprint density at radius 1 is 1.22 bits per heavy atom. The van der Waals surface area contributed by atoms with E-state index >= 15 is 0 Å². The maximum absolute atomic E-state index is 11.7. The third-order valence-electron chi connectivity index (χ3n) is 3.25. The Hall–Kier alpha value is -2.76. The minimum absolute atomic E-state index is 0.146. The van der Waals surface area contributed by atoms with Crippen molar-refractivity contribution >= 4 is 11.9 Å². The summed E-state index contributed by atoms with van der Waals surface area (Å²) < 4.78 is 10.6. The van der Waals surface area contributed by atoms with E-state index in [-0.39, 0.29) is 31.2 Å². The second-order valence-electron chi connectivity index (χ2n) is 5.22. The Kier molecular flexibility index (Phi) is 5.41. The SMILES string of the molecule is Cc1ccc(OCCC(=O)NCc2ccc(C(=O)O)o2)c(C)c1. The van der Waals surface area contributed by atoms with Gasteiger partial charge in [0.1, 0.15) is 11.5 Å². The molecule has 2 rings (SSSR count). The van der Waals surface area contributed by atoms with Crippen molar-refractivity contribution in [3.63, 3.8) is 0 Å². The maximum Gasteiger partial charge on any atom is 0.371 e. The molecule has 0 unspecified atom stereocenters. The molecule has 1 aromatic carbocycles. The summed E-state index contributed by atoms with van der Waals surface area (Å²) in [6.45, 7) is 4.39. The highest BCUT2D eigenvalue weighted by atomic mass is 16.5. The molecule has 2 aromatic rings. The molecule has 1 aromatic heterocycles. The van der Waals surface area contributed by atoms with Gasteiger partial charge in [0.05, 0.1) is 19.6 Å². The quantitative estimate of drug-likeness (QED) is 0.819. The van der Waals surface area contributed by atoms with Crippen molar-refractivity contribution in [3.8, 4) is 5.75 Å². The van der Waals surface area contributed by atoms with Crippen LogP contribution in [0.25, 0.3) is 0 Å². The number of aromatic carboxylic acids is 1. The lowest BCUT2D eigenvalue weighted by molar-refractivity contribution is -0.121. The zero-order chi connectivity index (χ0) is 16.8. The Morgan fingerprint density at radius 2 is 2.00 bits per heavy atom. The number of ether oxygens (including phenoxy) is 1. The average Bonchev–Trinajstić information content (AvgIpc) is 2.96. The van der Waals surface area contributed by atoms with Crippen LogP contribution in [0.2, 0.25) is 0 Å². The van der Waals surface area contributed by atoms with Gasteiger partial charge in [-0.15, -0.1) is 0 Å². The lowest BCUT2D eigenvalue weighted by Crippen LogP contribution is -2.24. The second-order valence-corrected chi connectivity index (χ2v) is 5.22. The van der Waals surface area contributed by atoms with E-state index in [0.29, 0.717) is 5.76 Å². The van der Waals surface area contributed by atoms with Crippen LogP contribution < -0.4 is 10.1 Å². The highest BCUT2D eigenvalue weighted by molar-refractivity contribution is 5.84. The molecule has 0 saturated heterocycles. The summed E-state index contributed by atoms with van der Waals surface area (Å²) in [5, 5.41) is 11.4. The van der Waals surface area contributed by atoms with Gasteiger partial charge >= 0.3 is 5.97 Å². The molecule has 0 spiro atoms. The number of carbonyl (C=O) groups is 2. The molecule has 0 saturated carbocycles. The van der Waals surface area contributed by atoms with Gasteiger partial charge in [-0.2, -0.15) is 0 Å². The number of carboxylic acid groups (broad SMARTS) is 1. The summed E-state index contributed by atoms with van der Waals surface area (Å²) in [5.74, 6) is -0.313. The first-order valence-electron chi connectivity index (χ1n) is 7.24. The van der Waals surface area contributed by atoms with Crippen LogP contribution in [0.5, 0.6) is 5.75 Å². The summed E-state index contributed by atoms with van der Waals surface area (Å²) in [4.78, 5) is 22.4. The third kappa shape index (κ3) is 4.88. The first kappa shape index (κ1) is 16.6. The maximum atomic E-state index is 11.7. The number of hydrogen-bond acceptors (Lipinski definition) is 4. The smallest absolute Gasteiger partial charge is 0.371 e. The zero-order valence-electron chi connectivity index (χ0n) is 13.1. The van der Waals surface area contributed by atoms with Crippen molar-refractivity contribution in [1.29, 1.82) is 0 Å². The van der Waals surface area contributed by atoms with Crippen molar-refractivity contribution in [2.24, 2.45) is 0 Å². The van der Waals surface area contributed by atoms with Crippen LogP contribution in [0.3, 0.4) is 0 Å². The van der Waals surface area contributed by atoms with Gasteiger partial charge < -0.3 is 19.6 Å². The fourth-order valence-corrected chi connectivity index (χ4v) is 2.08. The van der Waals surface area contributed by atoms with Gasteiger partial charge in [-0.3, -0.25) is 4.79 Å². The topological polar surface area (TPSA) is 88.8 Å². The largest absolute Gasteiger partial charge is 0.493 e. The Labute approximate surface area is 134 Å². The van der Waals surface area contributed by atoms with E-state index in [0.717, 1.165) is 16.9 Å². The van der Waals surface area contributed by atoms with Gasteiger partial charge in [0, 0.05) is 0 Å². The first-order valence-corrected chi connectivity index (χ1v) is 7.24.